The lowest BCUT2D eigenvalue weighted by molar-refractivity contribution is 0.0973. The predicted octanol–water partition coefficient (Wildman–Crippen LogP) is 5.84. The molecule has 0 bridgehead atoms. The first-order valence-electron chi connectivity index (χ1n) is 10.5. The first-order valence-corrected chi connectivity index (χ1v) is 11.7. The van der Waals surface area contributed by atoms with E-state index in [9.17, 15) is 4.79 Å². The summed E-state index contributed by atoms with van der Waals surface area (Å²) in [6, 6.07) is 17.2. The van der Waals surface area contributed by atoms with E-state index in [1.807, 2.05) is 35.2 Å². The molecule has 0 aromatic heterocycles. The maximum atomic E-state index is 12.7. The van der Waals surface area contributed by atoms with Gasteiger partial charge < -0.3 is 9.64 Å². The molecule has 7 heteroatoms. The predicted molar refractivity (Wildman–Crippen MR) is 131 cm³/mol. The molecule has 31 heavy (non-hydrogen) atoms. The molecule has 0 heterocycles. The topological polar surface area (TPSA) is 65.4 Å². The van der Waals surface area contributed by atoms with Crippen molar-refractivity contribution in [3.8, 4) is 11.8 Å². The molecule has 164 valence electrons. The third-order valence-corrected chi connectivity index (χ3v) is 5.65. The van der Waals surface area contributed by atoms with Crippen LogP contribution in [0.15, 0.2) is 53.0 Å². The molecular formula is C24H28BrN3O2S. The minimum absolute atomic E-state index is 0.296. The van der Waals surface area contributed by atoms with Crippen molar-refractivity contribution < 1.29 is 9.53 Å². The lowest BCUT2D eigenvalue weighted by atomic mass is 10.2. The van der Waals surface area contributed by atoms with Crippen LogP contribution in [0.2, 0.25) is 0 Å². The minimum atomic E-state index is -0.296. The van der Waals surface area contributed by atoms with Crippen molar-refractivity contribution >= 4 is 39.2 Å². The zero-order chi connectivity index (χ0) is 22.5. The fourth-order valence-electron chi connectivity index (χ4n) is 2.96. The van der Waals surface area contributed by atoms with Gasteiger partial charge in [-0.2, -0.15) is 5.26 Å². The van der Waals surface area contributed by atoms with Gasteiger partial charge in [-0.25, -0.2) is 0 Å². The number of halogens is 1. The van der Waals surface area contributed by atoms with E-state index in [-0.39, 0.29) is 5.91 Å². The Hall–Kier alpha value is -2.43. The quantitative estimate of drug-likeness (QED) is 0.309. The van der Waals surface area contributed by atoms with Crippen molar-refractivity contribution in [2.45, 2.75) is 45.6 Å². The van der Waals surface area contributed by atoms with Gasteiger partial charge in [0.2, 0.25) is 0 Å². The Bertz CT molecular complexity index is 899. The number of benzene rings is 2. The smallest absolute Gasteiger partial charge is 0.257 e. The van der Waals surface area contributed by atoms with Crippen LogP contribution in [0, 0.1) is 11.3 Å². The van der Waals surface area contributed by atoms with E-state index in [0.29, 0.717) is 36.8 Å². The molecule has 0 atom stereocenters. The molecule has 2 rings (SSSR count). The first kappa shape index (κ1) is 24.8. The molecule has 0 saturated carbocycles. The maximum Gasteiger partial charge on any atom is 0.257 e. The molecule has 1 N–H and O–H groups in total. The largest absolute Gasteiger partial charge is 0.492 e. The number of ether oxygens (including phenoxy) is 1. The highest BCUT2D eigenvalue weighted by molar-refractivity contribution is 9.10. The number of carbonyl (C=O) groups excluding carboxylic acids is 1. The SMILES string of the molecule is CCCCCCOc1ccc(C(=O)NC(=S)N(CCC#N)Cc2ccccc2)cc1Br. The highest BCUT2D eigenvalue weighted by Crippen LogP contribution is 2.26. The molecule has 0 aliphatic carbocycles. The van der Waals surface area contributed by atoms with Crippen molar-refractivity contribution in [1.29, 1.82) is 5.26 Å². The number of hydrogen-bond acceptors (Lipinski definition) is 4. The molecule has 0 radical (unpaired) electrons. The summed E-state index contributed by atoms with van der Waals surface area (Å²) in [6.45, 7) is 3.80. The molecule has 5 nitrogen and oxygen atoms in total. The number of rotatable bonds is 11. The van der Waals surface area contributed by atoms with Gasteiger partial charge >= 0.3 is 0 Å². The molecular weight excluding hydrogens is 474 g/mol. The molecule has 0 aliphatic rings. The summed E-state index contributed by atoms with van der Waals surface area (Å²) in [7, 11) is 0. The Morgan fingerprint density at radius 3 is 2.65 bits per heavy atom. The Morgan fingerprint density at radius 2 is 1.97 bits per heavy atom. The van der Waals surface area contributed by atoms with Crippen LogP contribution in [-0.2, 0) is 6.54 Å². The maximum absolute atomic E-state index is 12.7. The van der Waals surface area contributed by atoms with Gasteiger partial charge in [-0.3, -0.25) is 10.1 Å². The van der Waals surface area contributed by atoms with Gasteiger partial charge in [0.1, 0.15) is 5.75 Å². The van der Waals surface area contributed by atoms with Gasteiger partial charge in [0.25, 0.3) is 5.91 Å². The number of thiocarbonyl (C=S) groups is 1. The molecule has 0 saturated heterocycles. The van der Waals surface area contributed by atoms with Crippen molar-refractivity contribution in [3.05, 3.63) is 64.1 Å². The Morgan fingerprint density at radius 1 is 1.19 bits per heavy atom. The minimum Gasteiger partial charge on any atom is -0.492 e. The van der Waals surface area contributed by atoms with Crippen molar-refractivity contribution in [2.75, 3.05) is 13.2 Å². The van der Waals surface area contributed by atoms with Gasteiger partial charge in [-0.1, -0.05) is 56.5 Å². The third-order valence-electron chi connectivity index (χ3n) is 4.67. The summed E-state index contributed by atoms with van der Waals surface area (Å²) < 4.78 is 6.53. The molecule has 0 fully saturated rings. The normalized spacial score (nSPS) is 10.2. The monoisotopic (exact) mass is 501 g/mol. The van der Waals surface area contributed by atoms with Crippen LogP contribution < -0.4 is 10.1 Å². The molecule has 2 aromatic rings. The van der Waals surface area contributed by atoms with Crippen LogP contribution in [0.1, 0.15) is 54.9 Å². The van der Waals surface area contributed by atoms with Gasteiger partial charge in [0, 0.05) is 18.7 Å². The molecule has 0 spiro atoms. The summed E-state index contributed by atoms with van der Waals surface area (Å²) >= 11 is 8.95. The lowest BCUT2D eigenvalue weighted by Gasteiger charge is -2.24. The zero-order valence-corrected chi connectivity index (χ0v) is 20.2. The van der Waals surface area contributed by atoms with Crippen molar-refractivity contribution in [3.63, 3.8) is 0 Å². The van der Waals surface area contributed by atoms with Gasteiger partial charge in [-0.15, -0.1) is 0 Å². The van der Waals surface area contributed by atoms with Gasteiger partial charge in [-0.05, 0) is 58.3 Å². The van der Waals surface area contributed by atoms with Gasteiger partial charge in [0.15, 0.2) is 5.11 Å². The van der Waals surface area contributed by atoms with Crippen LogP contribution in [-0.4, -0.2) is 29.1 Å². The standard InChI is InChI=1S/C24H28BrN3O2S/c1-2-3-4-8-16-30-22-13-12-20(17-21(22)25)23(29)27-24(31)28(15-9-14-26)18-19-10-6-5-7-11-19/h5-7,10-13,17H,2-4,8-9,15-16,18H2,1H3,(H,27,29,31). The molecule has 0 unspecified atom stereocenters. The summed E-state index contributed by atoms with van der Waals surface area (Å²) in [6.07, 6.45) is 4.88. The lowest BCUT2D eigenvalue weighted by Crippen LogP contribution is -2.42. The van der Waals surface area contributed by atoms with E-state index in [4.69, 9.17) is 22.2 Å². The molecule has 2 aromatic carbocycles. The van der Waals surface area contributed by atoms with E-state index in [2.05, 4.69) is 34.2 Å². The Labute approximate surface area is 198 Å². The van der Waals surface area contributed by atoms with E-state index < -0.39 is 0 Å². The highest BCUT2D eigenvalue weighted by atomic mass is 79.9. The number of amides is 1. The number of carbonyl (C=O) groups is 1. The third kappa shape index (κ3) is 8.68. The molecule has 1 amide bonds. The number of unbranched alkanes of at least 4 members (excludes halogenated alkanes) is 3. The van der Waals surface area contributed by atoms with E-state index in [0.717, 1.165) is 28.6 Å². The Kier molecular flexibility index (Phi) is 11.0. The van der Waals surface area contributed by atoms with Crippen LogP contribution in [0.5, 0.6) is 5.75 Å². The number of nitriles is 1. The zero-order valence-electron chi connectivity index (χ0n) is 17.8. The summed E-state index contributed by atoms with van der Waals surface area (Å²) in [5, 5.41) is 12.0. The van der Waals surface area contributed by atoms with Crippen LogP contribution >= 0.6 is 28.1 Å². The van der Waals surface area contributed by atoms with Crippen LogP contribution in [0.3, 0.4) is 0 Å². The van der Waals surface area contributed by atoms with Crippen molar-refractivity contribution in [2.24, 2.45) is 0 Å². The summed E-state index contributed by atoms with van der Waals surface area (Å²) in [4.78, 5) is 14.6. The summed E-state index contributed by atoms with van der Waals surface area (Å²) in [5.41, 5.74) is 1.53. The summed E-state index contributed by atoms with van der Waals surface area (Å²) in [5.74, 6) is 0.422. The van der Waals surface area contributed by atoms with Crippen LogP contribution in [0.25, 0.3) is 0 Å². The van der Waals surface area contributed by atoms with Crippen molar-refractivity contribution in [1.82, 2.24) is 10.2 Å². The number of hydrogen-bond donors (Lipinski definition) is 1. The van der Waals surface area contributed by atoms with E-state index in [1.165, 1.54) is 12.8 Å². The number of nitrogens with zero attached hydrogens (tertiary/aromatic N) is 2. The fraction of sp³-hybridized carbons (Fsp3) is 0.375. The Balaban J connectivity index is 1.97. The highest BCUT2D eigenvalue weighted by Gasteiger charge is 2.15. The first-order chi connectivity index (χ1) is 15.0. The average molecular weight is 502 g/mol. The number of nitrogens with one attached hydrogen (secondary N) is 1. The van der Waals surface area contributed by atoms with E-state index in [1.54, 1.807) is 18.2 Å². The van der Waals surface area contributed by atoms with Gasteiger partial charge in [0.05, 0.1) is 23.6 Å². The second-order valence-electron chi connectivity index (χ2n) is 7.13. The van der Waals surface area contributed by atoms with Crippen LogP contribution in [0.4, 0.5) is 0 Å². The second kappa shape index (κ2) is 13.8. The second-order valence-corrected chi connectivity index (χ2v) is 8.37. The fourth-order valence-corrected chi connectivity index (χ4v) is 3.70. The van der Waals surface area contributed by atoms with E-state index >= 15 is 0 Å². The molecule has 0 aliphatic heterocycles. The average Bonchev–Trinajstić information content (AvgIpc) is 2.78.